The molecule has 9 heteroatoms. The molecule has 4 rings (SSSR count). The number of para-hydroxylation sites is 1. The first-order valence-electron chi connectivity index (χ1n) is 10.3. The van der Waals surface area contributed by atoms with Gasteiger partial charge in [-0.3, -0.25) is 0 Å². The maximum Gasteiger partial charge on any atom is 0.230 e. The van der Waals surface area contributed by atoms with Gasteiger partial charge in [-0.2, -0.15) is 4.98 Å². The molecule has 0 bridgehead atoms. The van der Waals surface area contributed by atoms with Gasteiger partial charge in [-0.05, 0) is 32.3 Å². The van der Waals surface area contributed by atoms with E-state index in [0.717, 1.165) is 35.2 Å². The van der Waals surface area contributed by atoms with Crippen LogP contribution in [0.4, 0.5) is 23.0 Å². The number of aromatic amines is 1. The van der Waals surface area contributed by atoms with Crippen LogP contribution in [0.3, 0.4) is 0 Å². The number of aromatic nitrogens is 4. The van der Waals surface area contributed by atoms with Gasteiger partial charge in [-0.15, -0.1) is 0 Å². The smallest absolute Gasteiger partial charge is 0.230 e. The van der Waals surface area contributed by atoms with Gasteiger partial charge in [-0.25, -0.2) is 9.97 Å². The van der Waals surface area contributed by atoms with E-state index in [4.69, 9.17) is 10.5 Å². The molecule has 166 valence electrons. The topological polar surface area (TPSA) is 108 Å². The number of likely N-dealkylation sites (N-methyl/N-ethyl adjacent to an activating group) is 2. The van der Waals surface area contributed by atoms with Crippen LogP contribution in [0, 0.1) is 0 Å². The third-order valence-electron chi connectivity index (χ3n) is 5.29. The van der Waals surface area contributed by atoms with Crippen LogP contribution in [-0.4, -0.2) is 66.2 Å². The molecule has 0 fully saturated rings. The molecule has 0 saturated carbocycles. The fourth-order valence-corrected chi connectivity index (χ4v) is 3.53. The summed E-state index contributed by atoms with van der Waals surface area (Å²) >= 11 is 0. The number of benzene rings is 2. The molecule has 2 aromatic heterocycles. The fourth-order valence-electron chi connectivity index (χ4n) is 3.53. The van der Waals surface area contributed by atoms with Crippen LogP contribution in [0.25, 0.3) is 22.3 Å². The van der Waals surface area contributed by atoms with Crippen molar-refractivity contribution in [2.75, 3.05) is 57.3 Å². The summed E-state index contributed by atoms with van der Waals surface area (Å²) in [4.78, 5) is 20.8. The Morgan fingerprint density at radius 1 is 1.09 bits per heavy atom. The first kappa shape index (κ1) is 21.4. The number of nitrogens with zero attached hydrogens (tertiary/aromatic N) is 5. The molecule has 2 heterocycles. The van der Waals surface area contributed by atoms with Crippen LogP contribution in [-0.2, 0) is 0 Å². The Labute approximate surface area is 187 Å². The number of ether oxygens (including phenoxy) is 1. The molecular weight excluding hydrogens is 404 g/mol. The summed E-state index contributed by atoms with van der Waals surface area (Å²) in [6, 6.07) is 11.8. The molecule has 0 saturated heterocycles. The molecule has 0 radical (unpaired) electrons. The van der Waals surface area contributed by atoms with E-state index in [1.54, 1.807) is 7.11 Å². The van der Waals surface area contributed by atoms with E-state index in [0.29, 0.717) is 28.9 Å². The van der Waals surface area contributed by atoms with Crippen molar-refractivity contribution in [1.29, 1.82) is 0 Å². The summed E-state index contributed by atoms with van der Waals surface area (Å²) in [5.41, 5.74) is 10.5. The maximum absolute atomic E-state index is 6.37. The Balaban J connectivity index is 1.62. The minimum absolute atomic E-state index is 0.407. The molecule has 0 atom stereocenters. The second kappa shape index (κ2) is 9.11. The maximum atomic E-state index is 6.37. The van der Waals surface area contributed by atoms with Crippen molar-refractivity contribution in [3.8, 4) is 17.1 Å². The van der Waals surface area contributed by atoms with Crippen molar-refractivity contribution in [3.05, 3.63) is 48.9 Å². The van der Waals surface area contributed by atoms with Gasteiger partial charge in [0.05, 0.1) is 29.7 Å². The number of hydrogen-bond donors (Lipinski definition) is 3. The lowest BCUT2D eigenvalue weighted by Crippen LogP contribution is -2.29. The number of anilines is 4. The Morgan fingerprint density at radius 2 is 1.94 bits per heavy atom. The van der Waals surface area contributed by atoms with Crippen molar-refractivity contribution in [1.82, 2.24) is 24.8 Å². The van der Waals surface area contributed by atoms with E-state index < -0.39 is 0 Å². The molecule has 4 aromatic rings. The lowest BCUT2D eigenvalue weighted by molar-refractivity contribution is 0.413. The number of H-pyrrole nitrogens is 1. The number of nitrogen functional groups attached to an aromatic ring is 1. The SMILES string of the molecule is COc1cc(N(C)CCN(C)C)c(N)cc1Nc1ncnc(-c2cccc3cc[nH]c23)n1. The van der Waals surface area contributed by atoms with Gasteiger partial charge in [0.2, 0.25) is 5.95 Å². The van der Waals surface area contributed by atoms with E-state index in [-0.39, 0.29) is 0 Å². The quantitative estimate of drug-likeness (QED) is 0.364. The zero-order valence-electron chi connectivity index (χ0n) is 18.8. The summed E-state index contributed by atoms with van der Waals surface area (Å²) < 4.78 is 5.62. The average molecular weight is 433 g/mol. The minimum Gasteiger partial charge on any atom is -0.494 e. The number of hydrogen-bond acceptors (Lipinski definition) is 8. The Hall–Kier alpha value is -3.85. The first-order chi connectivity index (χ1) is 15.5. The van der Waals surface area contributed by atoms with Gasteiger partial charge in [0.25, 0.3) is 0 Å². The van der Waals surface area contributed by atoms with Gasteiger partial charge < -0.3 is 30.6 Å². The zero-order valence-corrected chi connectivity index (χ0v) is 18.8. The van der Waals surface area contributed by atoms with Crippen LogP contribution in [0.5, 0.6) is 5.75 Å². The molecule has 0 aliphatic carbocycles. The van der Waals surface area contributed by atoms with Crippen molar-refractivity contribution in [3.63, 3.8) is 0 Å². The predicted molar refractivity (Wildman–Crippen MR) is 130 cm³/mol. The van der Waals surface area contributed by atoms with Gasteiger partial charge in [0.15, 0.2) is 5.82 Å². The van der Waals surface area contributed by atoms with Crippen LogP contribution in [0.1, 0.15) is 0 Å². The summed E-state index contributed by atoms with van der Waals surface area (Å²) in [7, 11) is 7.74. The van der Waals surface area contributed by atoms with Crippen molar-refractivity contribution in [2.45, 2.75) is 0 Å². The van der Waals surface area contributed by atoms with E-state index in [1.165, 1.54) is 6.33 Å². The molecule has 32 heavy (non-hydrogen) atoms. The number of rotatable bonds is 8. The van der Waals surface area contributed by atoms with Gasteiger partial charge in [0.1, 0.15) is 12.1 Å². The van der Waals surface area contributed by atoms with Crippen LogP contribution < -0.4 is 20.7 Å². The number of nitrogens with one attached hydrogen (secondary N) is 2. The molecule has 9 nitrogen and oxygen atoms in total. The van der Waals surface area contributed by atoms with Gasteiger partial charge in [-0.1, -0.05) is 12.1 Å². The number of methoxy groups -OCH3 is 1. The summed E-state index contributed by atoms with van der Waals surface area (Å²) in [5, 5.41) is 4.33. The minimum atomic E-state index is 0.407. The van der Waals surface area contributed by atoms with E-state index >= 15 is 0 Å². The highest BCUT2D eigenvalue weighted by Gasteiger charge is 2.15. The van der Waals surface area contributed by atoms with Crippen LogP contribution in [0.2, 0.25) is 0 Å². The van der Waals surface area contributed by atoms with Crippen LogP contribution >= 0.6 is 0 Å². The molecule has 0 aliphatic heterocycles. The van der Waals surface area contributed by atoms with E-state index in [9.17, 15) is 0 Å². The highest BCUT2D eigenvalue weighted by molar-refractivity contribution is 5.92. The second-order valence-electron chi connectivity index (χ2n) is 7.84. The number of fused-ring (bicyclic) bond motifs is 1. The third kappa shape index (κ3) is 4.42. The molecule has 2 aromatic carbocycles. The standard InChI is InChI=1S/C23H28N8O/c1-30(2)10-11-31(3)19-13-20(32-4)18(12-17(19)24)28-23-27-14-26-22(29-23)16-7-5-6-15-8-9-25-21(15)16/h5-9,12-14,25H,10-11,24H2,1-4H3,(H,26,27,28,29). The Morgan fingerprint density at radius 3 is 2.72 bits per heavy atom. The average Bonchev–Trinajstić information content (AvgIpc) is 3.27. The highest BCUT2D eigenvalue weighted by Crippen LogP contribution is 2.36. The molecule has 0 unspecified atom stereocenters. The third-order valence-corrected chi connectivity index (χ3v) is 5.29. The fraction of sp³-hybridized carbons (Fsp3) is 0.261. The molecule has 0 spiro atoms. The summed E-state index contributed by atoms with van der Waals surface area (Å²) in [5.74, 6) is 1.63. The summed E-state index contributed by atoms with van der Waals surface area (Å²) in [6.07, 6.45) is 3.39. The Bertz CT molecular complexity index is 1220. The highest BCUT2D eigenvalue weighted by atomic mass is 16.5. The lowest BCUT2D eigenvalue weighted by Gasteiger charge is -2.24. The Kier molecular flexibility index (Phi) is 6.09. The van der Waals surface area contributed by atoms with Crippen LogP contribution in [0.15, 0.2) is 48.9 Å². The predicted octanol–water partition coefficient (Wildman–Crippen LogP) is 3.35. The van der Waals surface area contributed by atoms with Crippen molar-refractivity contribution < 1.29 is 4.74 Å². The van der Waals surface area contributed by atoms with Crippen molar-refractivity contribution in [2.24, 2.45) is 0 Å². The van der Waals surface area contributed by atoms with E-state index in [2.05, 4.69) is 35.1 Å². The molecule has 0 amide bonds. The van der Waals surface area contributed by atoms with E-state index in [1.807, 2.05) is 63.7 Å². The van der Waals surface area contributed by atoms with Gasteiger partial charge in [0, 0.05) is 43.4 Å². The van der Waals surface area contributed by atoms with Gasteiger partial charge >= 0.3 is 0 Å². The number of nitrogens with two attached hydrogens (primary N) is 1. The molecule has 4 N–H and O–H groups in total. The second-order valence-corrected chi connectivity index (χ2v) is 7.84. The molecular formula is C23H28N8O. The monoisotopic (exact) mass is 432 g/mol. The largest absolute Gasteiger partial charge is 0.494 e. The zero-order chi connectivity index (χ0) is 22.7. The van der Waals surface area contributed by atoms with Crippen molar-refractivity contribution >= 4 is 33.9 Å². The molecule has 0 aliphatic rings. The lowest BCUT2D eigenvalue weighted by atomic mass is 10.1. The summed E-state index contributed by atoms with van der Waals surface area (Å²) in [6.45, 7) is 1.76. The normalized spacial score (nSPS) is 11.2. The first-order valence-corrected chi connectivity index (χ1v) is 10.3.